The summed E-state index contributed by atoms with van der Waals surface area (Å²) in [6.45, 7) is 0.474. The molecule has 0 radical (unpaired) electrons. The number of hydrogen-bond acceptors (Lipinski definition) is 5. The van der Waals surface area contributed by atoms with Gasteiger partial charge in [-0.25, -0.2) is 8.78 Å². The molecule has 1 amide bonds. The summed E-state index contributed by atoms with van der Waals surface area (Å²) in [6.07, 6.45) is 0.389. The number of aromatic nitrogens is 4. The molecule has 4 rings (SSSR count). The maximum Gasteiger partial charge on any atom is 0.224 e. The van der Waals surface area contributed by atoms with Gasteiger partial charge in [-0.2, -0.15) is 4.52 Å². The van der Waals surface area contributed by atoms with Gasteiger partial charge < -0.3 is 10.6 Å². The second-order valence-electron chi connectivity index (χ2n) is 6.61. The summed E-state index contributed by atoms with van der Waals surface area (Å²) in [6, 6.07) is 15.7. The van der Waals surface area contributed by atoms with Crippen molar-refractivity contribution in [3.05, 3.63) is 83.7 Å². The molecule has 0 saturated carbocycles. The number of aryl methyl sites for hydroxylation is 1. The van der Waals surface area contributed by atoms with Gasteiger partial charge >= 0.3 is 0 Å². The predicted octanol–water partition coefficient (Wildman–Crippen LogP) is 3.59. The van der Waals surface area contributed by atoms with E-state index in [1.54, 1.807) is 40.9 Å². The summed E-state index contributed by atoms with van der Waals surface area (Å²) in [5.74, 6) is -0.00554. The second-order valence-corrected chi connectivity index (χ2v) is 6.61. The van der Waals surface area contributed by atoms with Crippen molar-refractivity contribution >= 4 is 23.1 Å². The van der Waals surface area contributed by atoms with E-state index in [2.05, 4.69) is 25.9 Å². The zero-order valence-corrected chi connectivity index (χ0v) is 15.8. The van der Waals surface area contributed by atoms with E-state index in [9.17, 15) is 13.6 Å². The first-order valence-electron chi connectivity index (χ1n) is 9.32. The number of anilines is 2. The number of amides is 1. The molecule has 0 aliphatic carbocycles. The van der Waals surface area contributed by atoms with Gasteiger partial charge in [0.15, 0.2) is 11.5 Å². The van der Waals surface area contributed by atoms with Gasteiger partial charge in [-0.15, -0.1) is 15.3 Å². The van der Waals surface area contributed by atoms with Crippen molar-refractivity contribution in [3.63, 3.8) is 0 Å². The van der Waals surface area contributed by atoms with Crippen molar-refractivity contribution in [1.82, 2.24) is 19.8 Å². The Labute approximate surface area is 170 Å². The molecule has 0 atom stereocenters. The Morgan fingerprint density at radius 3 is 2.57 bits per heavy atom. The minimum Gasteiger partial charge on any atom is -0.365 e. The molecule has 7 nitrogen and oxygen atoms in total. The predicted molar refractivity (Wildman–Crippen MR) is 108 cm³/mol. The van der Waals surface area contributed by atoms with Crippen LogP contribution in [0.2, 0.25) is 0 Å². The Morgan fingerprint density at radius 1 is 0.967 bits per heavy atom. The van der Waals surface area contributed by atoms with Crippen LogP contribution in [0.25, 0.3) is 5.65 Å². The number of benzene rings is 2. The van der Waals surface area contributed by atoms with Crippen molar-refractivity contribution in [3.8, 4) is 0 Å². The topological polar surface area (TPSA) is 84.2 Å². The van der Waals surface area contributed by atoms with Gasteiger partial charge in [-0.05, 0) is 42.0 Å². The highest BCUT2D eigenvalue weighted by Gasteiger charge is 2.12. The fourth-order valence-electron chi connectivity index (χ4n) is 2.88. The summed E-state index contributed by atoms with van der Waals surface area (Å²) >= 11 is 0. The first kappa shape index (κ1) is 19.4. The number of nitrogens with zero attached hydrogens (tertiary/aromatic N) is 4. The fourth-order valence-corrected chi connectivity index (χ4v) is 2.88. The quantitative estimate of drug-likeness (QED) is 0.488. The van der Waals surface area contributed by atoms with Crippen LogP contribution < -0.4 is 10.6 Å². The first-order chi connectivity index (χ1) is 14.6. The lowest BCUT2D eigenvalue weighted by molar-refractivity contribution is -0.116. The normalized spacial score (nSPS) is 10.9. The van der Waals surface area contributed by atoms with E-state index in [4.69, 9.17) is 0 Å². The molecule has 0 unspecified atom stereocenters. The summed E-state index contributed by atoms with van der Waals surface area (Å²) in [5, 5.41) is 18.3. The number of hydrogen-bond donors (Lipinski definition) is 2. The van der Waals surface area contributed by atoms with Gasteiger partial charge in [0.05, 0.1) is 5.69 Å². The Hall–Kier alpha value is -3.88. The summed E-state index contributed by atoms with van der Waals surface area (Å²) in [7, 11) is 0. The Kier molecular flexibility index (Phi) is 5.60. The number of halogens is 2. The van der Waals surface area contributed by atoms with Gasteiger partial charge in [0.2, 0.25) is 5.91 Å². The highest BCUT2D eigenvalue weighted by Crippen LogP contribution is 2.14. The average Bonchev–Trinajstić information content (AvgIpc) is 3.16. The standard InChI is InChI=1S/C21H18F2N6O/c22-15-7-5-14(6-8-15)13-24-18-9-10-19-26-27-20(29(19)28-18)11-12-21(30)25-17-4-2-1-3-16(17)23/h1-10H,11-13H2,(H,24,28)(H,25,30). The molecule has 2 aromatic carbocycles. The zero-order chi connectivity index (χ0) is 20.9. The highest BCUT2D eigenvalue weighted by atomic mass is 19.1. The Balaban J connectivity index is 1.40. The molecule has 30 heavy (non-hydrogen) atoms. The van der Waals surface area contributed by atoms with Crippen molar-refractivity contribution in [2.75, 3.05) is 10.6 Å². The minimum absolute atomic E-state index is 0.101. The lowest BCUT2D eigenvalue weighted by Gasteiger charge is -2.07. The molecule has 9 heteroatoms. The van der Waals surface area contributed by atoms with Crippen LogP contribution in [-0.2, 0) is 17.8 Å². The number of carbonyl (C=O) groups excluding carboxylic acids is 1. The van der Waals surface area contributed by atoms with Gasteiger partial charge in [0, 0.05) is 19.4 Å². The molecular formula is C21H18F2N6O. The van der Waals surface area contributed by atoms with Crippen LogP contribution in [-0.4, -0.2) is 25.7 Å². The van der Waals surface area contributed by atoms with E-state index in [1.807, 2.05) is 0 Å². The van der Waals surface area contributed by atoms with Crippen LogP contribution in [0.15, 0.2) is 60.7 Å². The number of para-hydroxylation sites is 1. The molecule has 2 N–H and O–H groups in total. The van der Waals surface area contributed by atoms with Crippen LogP contribution in [0.1, 0.15) is 17.8 Å². The monoisotopic (exact) mass is 408 g/mol. The third-order valence-electron chi connectivity index (χ3n) is 4.44. The van der Waals surface area contributed by atoms with Crippen LogP contribution in [0.3, 0.4) is 0 Å². The highest BCUT2D eigenvalue weighted by molar-refractivity contribution is 5.90. The SMILES string of the molecule is O=C(CCc1nnc2ccc(NCc3ccc(F)cc3)nn12)Nc1ccccc1F. The van der Waals surface area contributed by atoms with Crippen LogP contribution in [0.5, 0.6) is 0 Å². The van der Waals surface area contributed by atoms with E-state index in [0.29, 0.717) is 23.8 Å². The molecule has 152 valence electrons. The van der Waals surface area contributed by atoms with E-state index in [0.717, 1.165) is 5.56 Å². The maximum atomic E-state index is 13.7. The molecule has 2 aromatic heterocycles. The number of carbonyl (C=O) groups is 1. The smallest absolute Gasteiger partial charge is 0.224 e. The molecule has 0 spiro atoms. The van der Waals surface area contributed by atoms with Crippen molar-refractivity contribution in [1.29, 1.82) is 0 Å². The molecule has 0 fully saturated rings. The lowest BCUT2D eigenvalue weighted by Crippen LogP contribution is -2.14. The maximum absolute atomic E-state index is 13.7. The number of fused-ring (bicyclic) bond motifs is 1. The van der Waals surface area contributed by atoms with Crippen molar-refractivity contribution < 1.29 is 13.6 Å². The number of rotatable bonds is 7. The molecular weight excluding hydrogens is 390 g/mol. The van der Waals surface area contributed by atoms with E-state index < -0.39 is 5.82 Å². The Morgan fingerprint density at radius 2 is 1.77 bits per heavy atom. The summed E-state index contributed by atoms with van der Waals surface area (Å²) < 4.78 is 28.2. The van der Waals surface area contributed by atoms with E-state index in [-0.39, 0.29) is 30.3 Å². The van der Waals surface area contributed by atoms with Crippen LogP contribution >= 0.6 is 0 Å². The van der Waals surface area contributed by atoms with Crippen molar-refractivity contribution in [2.24, 2.45) is 0 Å². The Bertz CT molecular complexity index is 1180. The number of nitrogens with one attached hydrogen (secondary N) is 2. The van der Waals surface area contributed by atoms with Gasteiger partial charge in [0.1, 0.15) is 17.5 Å². The molecule has 0 saturated heterocycles. The lowest BCUT2D eigenvalue weighted by atomic mass is 10.2. The zero-order valence-electron chi connectivity index (χ0n) is 15.8. The third-order valence-corrected chi connectivity index (χ3v) is 4.44. The minimum atomic E-state index is -0.489. The second kappa shape index (κ2) is 8.64. The molecule has 0 aliphatic heterocycles. The third kappa shape index (κ3) is 4.57. The molecule has 0 bridgehead atoms. The molecule has 2 heterocycles. The first-order valence-corrected chi connectivity index (χ1v) is 9.32. The molecule has 0 aliphatic rings. The fraction of sp³-hybridized carbons (Fsp3) is 0.143. The largest absolute Gasteiger partial charge is 0.365 e. The van der Waals surface area contributed by atoms with Gasteiger partial charge in [0.25, 0.3) is 0 Å². The van der Waals surface area contributed by atoms with Crippen LogP contribution in [0, 0.1) is 11.6 Å². The summed E-state index contributed by atoms with van der Waals surface area (Å²) in [5.41, 5.74) is 1.60. The van der Waals surface area contributed by atoms with Gasteiger partial charge in [-0.1, -0.05) is 24.3 Å². The van der Waals surface area contributed by atoms with Crippen LogP contribution in [0.4, 0.5) is 20.3 Å². The van der Waals surface area contributed by atoms with E-state index >= 15 is 0 Å². The average molecular weight is 408 g/mol. The van der Waals surface area contributed by atoms with Gasteiger partial charge in [-0.3, -0.25) is 4.79 Å². The van der Waals surface area contributed by atoms with E-state index in [1.165, 1.54) is 24.3 Å². The van der Waals surface area contributed by atoms with Crippen molar-refractivity contribution in [2.45, 2.75) is 19.4 Å². The summed E-state index contributed by atoms with van der Waals surface area (Å²) in [4.78, 5) is 12.2. The molecule has 4 aromatic rings.